The van der Waals surface area contributed by atoms with Crippen molar-refractivity contribution < 1.29 is 9.84 Å². The molecule has 1 atom stereocenters. The lowest BCUT2D eigenvalue weighted by Crippen LogP contribution is -2.38. The Balaban J connectivity index is 2.15. The zero-order valence-corrected chi connectivity index (χ0v) is 9.84. The van der Waals surface area contributed by atoms with Gasteiger partial charge in [-0.25, -0.2) is 0 Å². The fourth-order valence-electron chi connectivity index (χ4n) is 2.01. The summed E-state index contributed by atoms with van der Waals surface area (Å²) >= 11 is 0. The zero-order chi connectivity index (χ0) is 12.3. The summed E-state index contributed by atoms with van der Waals surface area (Å²) in [5.74, 6) is 0.801. The maximum atomic E-state index is 9.49. The lowest BCUT2D eigenvalue weighted by atomic mass is 10.1. The fraction of sp³-hybridized carbons (Fsp3) is 0.417. The molecule has 0 spiro atoms. The van der Waals surface area contributed by atoms with Crippen LogP contribution in [0, 0.1) is 0 Å². The molecule has 5 heteroatoms. The van der Waals surface area contributed by atoms with Gasteiger partial charge in [0, 0.05) is 13.7 Å². The standard InChI is InChI=1S/C12H17N3O2/c1-17-6-5-15-11(8-14-12(15)13)9-3-2-4-10(16)7-9/h2-4,7,11,16H,5-6,8H2,1H3,(H2,13,14). The molecule has 5 nitrogen and oxygen atoms in total. The third-order valence-corrected chi connectivity index (χ3v) is 2.89. The first-order valence-corrected chi connectivity index (χ1v) is 5.57. The van der Waals surface area contributed by atoms with Gasteiger partial charge in [0.05, 0.1) is 19.2 Å². The first-order chi connectivity index (χ1) is 8.22. The van der Waals surface area contributed by atoms with E-state index >= 15 is 0 Å². The zero-order valence-electron chi connectivity index (χ0n) is 9.84. The van der Waals surface area contributed by atoms with Gasteiger partial charge in [0.25, 0.3) is 0 Å². The number of benzene rings is 1. The highest BCUT2D eigenvalue weighted by molar-refractivity contribution is 5.80. The molecule has 3 N–H and O–H groups in total. The molecule has 0 amide bonds. The maximum Gasteiger partial charge on any atom is 0.192 e. The first kappa shape index (κ1) is 11.7. The molecule has 1 aliphatic rings. The van der Waals surface area contributed by atoms with E-state index < -0.39 is 0 Å². The predicted molar refractivity (Wildman–Crippen MR) is 65.9 cm³/mol. The van der Waals surface area contributed by atoms with Crippen LogP contribution in [0.1, 0.15) is 11.6 Å². The van der Waals surface area contributed by atoms with Crippen molar-refractivity contribution in [3.05, 3.63) is 29.8 Å². The number of nitrogens with two attached hydrogens (primary N) is 1. The van der Waals surface area contributed by atoms with Gasteiger partial charge in [0.1, 0.15) is 5.75 Å². The third-order valence-electron chi connectivity index (χ3n) is 2.89. The minimum atomic E-state index is 0.0947. The van der Waals surface area contributed by atoms with Crippen LogP contribution in [0.2, 0.25) is 0 Å². The van der Waals surface area contributed by atoms with E-state index in [1.54, 1.807) is 19.2 Å². The summed E-state index contributed by atoms with van der Waals surface area (Å²) < 4.78 is 5.06. The monoisotopic (exact) mass is 235 g/mol. The van der Waals surface area contributed by atoms with Crippen molar-refractivity contribution in [2.75, 3.05) is 26.8 Å². The number of phenols is 1. The molecule has 0 fully saturated rings. The van der Waals surface area contributed by atoms with Gasteiger partial charge in [-0.3, -0.25) is 4.99 Å². The number of guanidine groups is 1. The van der Waals surface area contributed by atoms with Gasteiger partial charge in [-0.2, -0.15) is 0 Å². The average Bonchev–Trinajstić information content (AvgIpc) is 2.68. The Kier molecular flexibility index (Phi) is 3.49. The molecule has 0 radical (unpaired) electrons. The summed E-state index contributed by atoms with van der Waals surface area (Å²) in [5.41, 5.74) is 6.86. The summed E-state index contributed by atoms with van der Waals surface area (Å²) in [5, 5.41) is 9.49. The summed E-state index contributed by atoms with van der Waals surface area (Å²) in [6.07, 6.45) is 0. The largest absolute Gasteiger partial charge is 0.508 e. The molecule has 1 aliphatic heterocycles. The molecule has 2 rings (SSSR count). The molecule has 1 unspecified atom stereocenters. The van der Waals surface area contributed by atoms with Gasteiger partial charge in [-0.15, -0.1) is 0 Å². The highest BCUT2D eigenvalue weighted by atomic mass is 16.5. The molecule has 0 aromatic heterocycles. The molecule has 1 aromatic rings. The van der Waals surface area contributed by atoms with Crippen molar-refractivity contribution in [3.8, 4) is 5.75 Å². The Bertz CT molecular complexity index is 420. The number of ether oxygens (including phenoxy) is 1. The van der Waals surface area contributed by atoms with E-state index in [0.717, 1.165) is 5.56 Å². The predicted octanol–water partition coefficient (Wildman–Crippen LogP) is 0.710. The highest BCUT2D eigenvalue weighted by Gasteiger charge is 2.27. The van der Waals surface area contributed by atoms with Crippen LogP contribution in [-0.2, 0) is 4.74 Å². The number of phenolic OH excluding ortho intramolecular Hbond substituents is 1. The normalized spacial score (nSPS) is 19.5. The Morgan fingerprint density at radius 1 is 1.59 bits per heavy atom. The van der Waals surface area contributed by atoms with E-state index in [1.165, 1.54) is 0 Å². The summed E-state index contributed by atoms with van der Waals surface area (Å²) in [6.45, 7) is 1.93. The minimum absolute atomic E-state index is 0.0947. The van der Waals surface area contributed by atoms with Crippen LogP contribution >= 0.6 is 0 Å². The number of rotatable bonds is 4. The summed E-state index contributed by atoms with van der Waals surface area (Å²) in [7, 11) is 1.66. The molecule has 1 aromatic carbocycles. The first-order valence-electron chi connectivity index (χ1n) is 5.57. The number of nitrogens with zero attached hydrogens (tertiary/aromatic N) is 2. The lowest BCUT2D eigenvalue weighted by Gasteiger charge is -2.26. The van der Waals surface area contributed by atoms with Crippen LogP contribution in [0.5, 0.6) is 5.75 Å². The van der Waals surface area contributed by atoms with E-state index in [-0.39, 0.29) is 11.8 Å². The van der Waals surface area contributed by atoms with Crippen molar-refractivity contribution >= 4 is 5.96 Å². The van der Waals surface area contributed by atoms with Crippen molar-refractivity contribution in [3.63, 3.8) is 0 Å². The maximum absolute atomic E-state index is 9.49. The van der Waals surface area contributed by atoms with Gasteiger partial charge in [-0.1, -0.05) is 12.1 Å². The topological polar surface area (TPSA) is 71.1 Å². The lowest BCUT2D eigenvalue weighted by molar-refractivity contribution is 0.166. The van der Waals surface area contributed by atoms with Crippen LogP contribution in [0.25, 0.3) is 0 Å². The Morgan fingerprint density at radius 2 is 2.41 bits per heavy atom. The molecular formula is C12H17N3O2. The number of hydrogen-bond donors (Lipinski definition) is 2. The number of aliphatic imine (C=N–C) groups is 1. The number of methoxy groups -OCH3 is 1. The fourth-order valence-corrected chi connectivity index (χ4v) is 2.01. The second-order valence-electron chi connectivity index (χ2n) is 4.00. The molecule has 0 aliphatic carbocycles. The van der Waals surface area contributed by atoms with E-state index in [1.807, 2.05) is 17.0 Å². The van der Waals surface area contributed by atoms with Crippen LogP contribution in [0.15, 0.2) is 29.3 Å². The molecule has 17 heavy (non-hydrogen) atoms. The van der Waals surface area contributed by atoms with Crippen molar-refractivity contribution in [2.45, 2.75) is 6.04 Å². The number of aromatic hydroxyl groups is 1. The second kappa shape index (κ2) is 5.05. The van der Waals surface area contributed by atoms with Crippen molar-refractivity contribution in [1.29, 1.82) is 0 Å². The van der Waals surface area contributed by atoms with Gasteiger partial charge < -0.3 is 20.5 Å². The molecule has 0 bridgehead atoms. The smallest absolute Gasteiger partial charge is 0.192 e. The minimum Gasteiger partial charge on any atom is -0.508 e. The summed E-state index contributed by atoms with van der Waals surface area (Å²) in [6, 6.07) is 7.30. The molecule has 0 saturated carbocycles. The van der Waals surface area contributed by atoms with Crippen LogP contribution < -0.4 is 5.73 Å². The van der Waals surface area contributed by atoms with E-state index in [2.05, 4.69) is 4.99 Å². The quantitative estimate of drug-likeness (QED) is 0.806. The molecule has 92 valence electrons. The highest BCUT2D eigenvalue weighted by Crippen LogP contribution is 2.27. The second-order valence-corrected chi connectivity index (χ2v) is 4.00. The van der Waals surface area contributed by atoms with Gasteiger partial charge in [-0.05, 0) is 17.7 Å². The Labute approximate surface area is 101 Å². The molecular weight excluding hydrogens is 218 g/mol. The van der Waals surface area contributed by atoms with E-state index in [0.29, 0.717) is 25.7 Å². The number of hydrogen-bond acceptors (Lipinski definition) is 5. The third kappa shape index (κ3) is 2.50. The Morgan fingerprint density at radius 3 is 3.12 bits per heavy atom. The Hall–Kier alpha value is -1.75. The van der Waals surface area contributed by atoms with Gasteiger partial charge in [0.15, 0.2) is 5.96 Å². The average molecular weight is 235 g/mol. The molecule has 0 saturated heterocycles. The molecule has 1 heterocycles. The SMILES string of the molecule is COCCN1C(N)=NCC1c1cccc(O)c1. The van der Waals surface area contributed by atoms with Crippen molar-refractivity contribution in [2.24, 2.45) is 10.7 Å². The summed E-state index contributed by atoms with van der Waals surface area (Å²) in [4.78, 5) is 6.24. The van der Waals surface area contributed by atoms with Crippen LogP contribution in [0.3, 0.4) is 0 Å². The van der Waals surface area contributed by atoms with Crippen LogP contribution in [-0.4, -0.2) is 42.8 Å². The van der Waals surface area contributed by atoms with Gasteiger partial charge >= 0.3 is 0 Å². The van der Waals surface area contributed by atoms with Crippen molar-refractivity contribution in [1.82, 2.24) is 4.90 Å². The van der Waals surface area contributed by atoms with Crippen LogP contribution in [0.4, 0.5) is 0 Å². The van der Waals surface area contributed by atoms with E-state index in [4.69, 9.17) is 10.5 Å². The van der Waals surface area contributed by atoms with E-state index in [9.17, 15) is 5.11 Å². The van der Waals surface area contributed by atoms with Gasteiger partial charge in [0.2, 0.25) is 0 Å².